The van der Waals surface area contributed by atoms with Crippen LogP contribution in [0.5, 0.6) is 0 Å². The van der Waals surface area contributed by atoms with Crippen LogP contribution in [0.25, 0.3) is 22.7 Å². The summed E-state index contributed by atoms with van der Waals surface area (Å²) in [5.74, 6) is 0.837. The zero-order chi connectivity index (χ0) is 20.7. The van der Waals surface area contributed by atoms with Crippen LogP contribution in [0.15, 0.2) is 24.0 Å². The predicted molar refractivity (Wildman–Crippen MR) is 114 cm³/mol. The van der Waals surface area contributed by atoms with E-state index in [0.717, 1.165) is 31.4 Å². The van der Waals surface area contributed by atoms with Crippen molar-refractivity contribution in [2.45, 2.75) is 38.6 Å². The minimum Gasteiger partial charge on any atom is -0.382 e. The number of nitrogens with one attached hydrogen (secondary N) is 2. The molecule has 0 aliphatic heterocycles. The van der Waals surface area contributed by atoms with Gasteiger partial charge in [0.25, 0.3) is 0 Å². The Bertz CT molecular complexity index is 1190. The number of hydrogen-bond acceptors (Lipinski definition) is 8. The SMILES string of the molecule is Cc1csc(NC(=O)[C@H]2CC[C@H](n3cnc4c(N)nc(-c5cc[nH]n5)nc43)CC2)n1. The van der Waals surface area contributed by atoms with Crippen molar-refractivity contribution in [1.29, 1.82) is 0 Å². The lowest BCUT2D eigenvalue weighted by atomic mass is 9.85. The Balaban J connectivity index is 1.33. The first-order chi connectivity index (χ1) is 14.6. The molecule has 154 valence electrons. The molecule has 4 aromatic heterocycles. The van der Waals surface area contributed by atoms with Crippen LogP contribution in [0.1, 0.15) is 37.4 Å². The van der Waals surface area contributed by atoms with Gasteiger partial charge in [-0.2, -0.15) is 5.10 Å². The van der Waals surface area contributed by atoms with E-state index < -0.39 is 0 Å². The fourth-order valence-corrected chi connectivity index (χ4v) is 4.63. The van der Waals surface area contributed by atoms with Gasteiger partial charge in [0.2, 0.25) is 5.91 Å². The van der Waals surface area contributed by atoms with Crippen LogP contribution in [0.3, 0.4) is 0 Å². The van der Waals surface area contributed by atoms with Gasteiger partial charge in [-0.1, -0.05) is 0 Å². The van der Waals surface area contributed by atoms with Gasteiger partial charge in [-0.15, -0.1) is 11.3 Å². The molecular formula is C19H21N9OS. The summed E-state index contributed by atoms with van der Waals surface area (Å²) in [5, 5.41) is 12.5. The summed E-state index contributed by atoms with van der Waals surface area (Å²) >= 11 is 1.45. The van der Waals surface area contributed by atoms with Crippen molar-refractivity contribution in [3.63, 3.8) is 0 Å². The molecule has 0 radical (unpaired) electrons. The molecule has 11 heteroatoms. The van der Waals surface area contributed by atoms with Crippen LogP contribution in [0, 0.1) is 12.8 Å². The van der Waals surface area contributed by atoms with Crippen LogP contribution in [0.2, 0.25) is 0 Å². The van der Waals surface area contributed by atoms with Gasteiger partial charge in [0.05, 0.1) is 12.0 Å². The van der Waals surface area contributed by atoms with Gasteiger partial charge >= 0.3 is 0 Å². The third-order valence-corrected chi connectivity index (χ3v) is 6.36. The number of nitrogens with two attached hydrogens (primary N) is 1. The largest absolute Gasteiger partial charge is 0.382 e. The van der Waals surface area contributed by atoms with Crippen molar-refractivity contribution >= 4 is 39.4 Å². The molecule has 1 saturated carbocycles. The minimum absolute atomic E-state index is 0.0143. The van der Waals surface area contributed by atoms with Gasteiger partial charge < -0.3 is 15.6 Å². The van der Waals surface area contributed by atoms with Crippen molar-refractivity contribution in [3.05, 3.63) is 29.7 Å². The van der Waals surface area contributed by atoms with E-state index in [1.807, 2.05) is 12.3 Å². The highest BCUT2D eigenvalue weighted by Gasteiger charge is 2.29. The Morgan fingerprint density at radius 2 is 2.10 bits per heavy atom. The number of thiazole rings is 1. The van der Waals surface area contributed by atoms with Gasteiger partial charge in [-0.3, -0.25) is 9.89 Å². The zero-order valence-corrected chi connectivity index (χ0v) is 17.2. The summed E-state index contributed by atoms with van der Waals surface area (Å²) in [6, 6.07) is 2.01. The second-order valence-corrected chi connectivity index (χ2v) is 8.36. The number of aromatic nitrogens is 7. The molecule has 0 spiro atoms. The molecule has 1 amide bonds. The van der Waals surface area contributed by atoms with Crippen LogP contribution >= 0.6 is 11.3 Å². The third kappa shape index (κ3) is 3.41. The highest BCUT2D eigenvalue weighted by molar-refractivity contribution is 7.13. The number of amides is 1. The highest BCUT2D eigenvalue weighted by atomic mass is 32.1. The number of aromatic amines is 1. The molecule has 10 nitrogen and oxygen atoms in total. The molecule has 0 aromatic carbocycles. The van der Waals surface area contributed by atoms with Crippen molar-refractivity contribution in [1.82, 2.24) is 34.7 Å². The summed E-state index contributed by atoms with van der Waals surface area (Å²) in [7, 11) is 0. The lowest BCUT2D eigenvalue weighted by molar-refractivity contribution is -0.120. The maximum Gasteiger partial charge on any atom is 0.229 e. The smallest absolute Gasteiger partial charge is 0.229 e. The molecule has 4 aromatic rings. The summed E-state index contributed by atoms with van der Waals surface area (Å²) in [6.07, 6.45) is 6.81. The molecule has 4 N–H and O–H groups in total. The number of carbonyl (C=O) groups is 1. The average Bonchev–Trinajstić information content (AvgIpc) is 3.49. The summed E-state index contributed by atoms with van der Waals surface area (Å²) in [4.78, 5) is 30.3. The molecule has 5 rings (SSSR count). The van der Waals surface area contributed by atoms with Gasteiger partial charge in [0.1, 0.15) is 11.2 Å². The number of nitrogens with zero attached hydrogens (tertiary/aromatic N) is 6. The van der Waals surface area contributed by atoms with E-state index in [-0.39, 0.29) is 17.9 Å². The minimum atomic E-state index is -0.0143. The summed E-state index contributed by atoms with van der Waals surface area (Å²) in [6.45, 7) is 1.92. The van der Waals surface area contributed by atoms with Crippen LogP contribution in [-0.2, 0) is 4.79 Å². The number of fused-ring (bicyclic) bond motifs is 1. The summed E-state index contributed by atoms with van der Waals surface area (Å²) in [5.41, 5.74) is 8.96. The molecule has 0 bridgehead atoms. The topological polar surface area (TPSA) is 140 Å². The number of H-pyrrole nitrogens is 1. The number of anilines is 2. The van der Waals surface area contributed by atoms with Crippen LogP contribution in [0.4, 0.5) is 10.9 Å². The van der Waals surface area contributed by atoms with Crippen molar-refractivity contribution in [2.75, 3.05) is 11.1 Å². The number of aryl methyl sites for hydroxylation is 1. The molecular weight excluding hydrogens is 402 g/mol. The van der Waals surface area contributed by atoms with E-state index in [2.05, 4.69) is 40.0 Å². The van der Waals surface area contributed by atoms with Crippen LogP contribution < -0.4 is 11.1 Å². The Morgan fingerprint density at radius 3 is 2.80 bits per heavy atom. The maximum absolute atomic E-state index is 12.6. The Morgan fingerprint density at radius 1 is 1.27 bits per heavy atom. The zero-order valence-electron chi connectivity index (χ0n) is 16.4. The first-order valence-electron chi connectivity index (χ1n) is 9.81. The average molecular weight is 424 g/mol. The van der Waals surface area contributed by atoms with Gasteiger partial charge in [-0.05, 0) is 38.7 Å². The number of hydrogen-bond donors (Lipinski definition) is 3. The van der Waals surface area contributed by atoms with Gasteiger partial charge in [0, 0.05) is 23.5 Å². The number of carbonyl (C=O) groups excluding carboxylic acids is 1. The molecule has 4 heterocycles. The second-order valence-electron chi connectivity index (χ2n) is 7.50. The van der Waals surface area contributed by atoms with E-state index in [4.69, 9.17) is 5.73 Å². The van der Waals surface area contributed by atoms with Gasteiger partial charge in [-0.25, -0.2) is 19.9 Å². The third-order valence-electron chi connectivity index (χ3n) is 5.49. The quantitative estimate of drug-likeness (QED) is 0.458. The van der Waals surface area contributed by atoms with E-state index in [0.29, 0.717) is 33.6 Å². The first kappa shape index (κ1) is 18.7. The molecule has 0 saturated heterocycles. The van der Waals surface area contributed by atoms with E-state index in [1.54, 1.807) is 18.6 Å². The van der Waals surface area contributed by atoms with Crippen molar-refractivity contribution in [3.8, 4) is 11.5 Å². The predicted octanol–water partition coefficient (Wildman–Crippen LogP) is 2.93. The fraction of sp³-hybridized carbons (Fsp3) is 0.368. The number of nitrogen functional groups attached to an aromatic ring is 1. The van der Waals surface area contributed by atoms with E-state index in [1.165, 1.54) is 11.3 Å². The fourth-order valence-electron chi connectivity index (χ4n) is 3.94. The molecule has 0 atom stereocenters. The monoisotopic (exact) mass is 423 g/mol. The highest BCUT2D eigenvalue weighted by Crippen LogP contribution is 2.35. The Labute approximate surface area is 176 Å². The Hall–Kier alpha value is -3.34. The van der Waals surface area contributed by atoms with E-state index >= 15 is 0 Å². The second kappa shape index (κ2) is 7.48. The maximum atomic E-state index is 12.6. The van der Waals surface area contributed by atoms with Gasteiger partial charge in [0.15, 0.2) is 22.4 Å². The normalized spacial score (nSPS) is 19.2. The number of rotatable bonds is 4. The number of imidazole rings is 1. The molecule has 1 fully saturated rings. The first-order valence-corrected chi connectivity index (χ1v) is 10.7. The summed E-state index contributed by atoms with van der Waals surface area (Å²) < 4.78 is 2.06. The van der Waals surface area contributed by atoms with E-state index in [9.17, 15) is 4.79 Å². The molecule has 1 aliphatic carbocycles. The molecule has 30 heavy (non-hydrogen) atoms. The standard InChI is InChI=1S/C19H21N9OS/c1-10-8-30-19(23-10)26-18(29)11-2-4-12(5-3-11)28-9-21-14-15(20)24-16(25-17(14)28)13-6-7-22-27-13/h6-9,11-12H,2-5H2,1H3,(H,22,27)(H2,20,24,25)(H,23,26,29)/t11-,12-. The van der Waals surface area contributed by atoms with Crippen molar-refractivity contribution in [2.24, 2.45) is 5.92 Å². The molecule has 0 unspecified atom stereocenters. The van der Waals surface area contributed by atoms with Crippen LogP contribution in [-0.4, -0.2) is 40.6 Å². The van der Waals surface area contributed by atoms with Crippen molar-refractivity contribution < 1.29 is 4.79 Å². The Kier molecular flexibility index (Phi) is 4.66. The lowest BCUT2D eigenvalue weighted by Crippen LogP contribution is -2.28. The lowest BCUT2D eigenvalue weighted by Gasteiger charge is -2.28. The molecule has 1 aliphatic rings.